The summed E-state index contributed by atoms with van der Waals surface area (Å²) in [6.45, 7) is 0.358. The molecule has 180 valence electrons. The van der Waals surface area contributed by atoms with Crippen molar-refractivity contribution < 1.29 is 14.3 Å². The Morgan fingerprint density at radius 1 is 1.06 bits per heavy atom. The molecule has 2 aromatic carbocycles. The zero-order valence-corrected chi connectivity index (χ0v) is 20.5. The minimum atomic E-state index is -0.129. The van der Waals surface area contributed by atoms with Crippen LogP contribution in [0.5, 0.6) is 11.5 Å². The van der Waals surface area contributed by atoms with E-state index in [2.05, 4.69) is 10.6 Å². The SMILES string of the molecule is Cn1c(C(=O)Nc2ccccc2COc2ccc(OC3CC4CC[C@@H](C3)N4)cc2)cc2sccc21. The van der Waals surface area contributed by atoms with Gasteiger partial charge in [0.2, 0.25) is 0 Å². The largest absolute Gasteiger partial charge is 0.490 e. The molecule has 2 N–H and O–H groups in total. The first-order valence-electron chi connectivity index (χ1n) is 12.2. The van der Waals surface area contributed by atoms with E-state index in [4.69, 9.17) is 9.47 Å². The summed E-state index contributed by atoms with van der Waals surface area (Å²) in [7, 11) is 1.92. The molecule has 2 aromatic heterocycles. The van der Waals surface area contributed by atoms with Gasteiger partial charge >= 0.3 is 0 Å². The number of para-hydroxylation sites is 1. The third-order valence-corrected chi connectivity index (χ3v) is 7.97. The Hall–Kier alpha value is -3.29. The highest BCUT2D eigenvalue weighted by Gasteiger charge is 2.34. The Morgan fingerprint density at radius 2 is 1.80 bits per heavy atom. The van der Waals surface area contributed by atoms with Gasteiger partial charge in [0.25, 0.3) is 5.91 Å². The molecule has 7 heteroatoms. The number of rotatable bonds is 7. The number of amides is 1. The van der Waals surface area contributed by atoms with Crippen molar-refractivity contribution in [3.8, 4) is 11.5 Å². The summed E-state index contributed by atoms with van der Waals surface area (Å²) in [5.74, 6) is 1.53. The average molecular weight is 488 g/mol. The number of benzene rings is 2. The monoisotopic (exact) mass is 487 g/mol. The highest BCUT2D eigenvalue weighted by molar-refractivity contribution is 7.17. The molecular formula is C28H29N3O3S. The van der Waals surface area contributed by atoms with Gasteiger partial charge in [0, 0.05) is 30.4 Å². The number of ether oxygens (including phenoxy) is 2. The molecule has 3 atom stereocenters. The van der Waals surface area contributed by atoms with Crippen molar-refractivity contribution in [1.82, 2.24) is 9.88 Å². The van der Waals surface area contributed by atoms with Crippen molar-refractivity contribution in [2.45, 2.75) is 50.5 Å². The Balaban J connectivity index is 1.08. The van der Waals surface area contributed by atoms with Crippen LogP contribution in [0.25, 0.3) is 10.2 Å². The van der Waals surface area contributed by atoms with Crippen molar-refractivity contribution in [1.29, 1.82) is 0 Å². The Labute approximate surface area is 208 Å². The minimum absolute atomic E-state index is 0.129. The first-order chi connectivity index (χ1) is 17.1. The van der Waals surface area contributed by atoms with Gasteiger partial charge in [-0.2, -0.15) is 0 Å². The number of thiophene rings is 1. The van der Waals surface area contributed by atoms with Crippen LogP contribution in [0, 0.1) is 0 Å². The number of aryl methyl sites for hydroxylation is 1. The van der Waals surface area contributed by atoms with Gasteiger partial charge in [-0.15, -0.1) is 11.3 Å². The summed E-state index contributed by atoms with van der Waals surface area (Å²) in [6.07, 6.45) is 4.98. The molecular weight excluding hydrogens is 458 g/mol. The van der Waals surface area contributed by atoms with Crippen LogP contribution in [-0.2, 0) is 13.7 Å². The summed E-state index contributed by atoms with van der Waals surface area (Å²) in [5, 5.41) is 8.75. The second-order valence-corrected chi connectivity index (χ2v) is 10.4. The van der Waals surface area contributed by atoms with Gasteiger partial charge in [0.15, 0.2) is 0 Å². The van der Waals surface area contributed by atoms with Gasteiger partial charge in [0.1, 0.15) is 29.9 Å². The summed E-state index contributed by atoms with van der Waals surface area (Å²) < 4.78 is 15.3. The number of fused-ring (bicyclic) bond motifs is 3. The number of anilines is 1. The van der Waals surface area contributed by atoms with Crippen molar-refractivity contribution in [2.75, 3.05) is 5.32 Å². The molecule has 6 rings (SSSR count). The van der Waals surface area contributed by atoms with Crippen LogP contribution in [0.2, 0.25) is 0 Å². The van der Waals surface area contributed by atoms with Crippen LogP contribution >= 0.6 is 11.3 Å². The standard InChI is InChI=1S/C28H29N3O3S/c1-31-25-12-13-35-27(25)16-26(31)28(32)30-24-5-3-2-4-18(24)17-33-21-8-10-22(11-9-21)34-23-14-19-6-7-20(15-23)29-19/h2-5,8-13,16,19-20,23,29H,6-7,14-15,17H2,1H3,(H,30,32)/t19-,20?,23?/m0/s1. The number of hydrogen-bond acceptors (Lipinski definition) is 5. The predicted molar refractivity (Wildman–Crippen MR) is 140 cm³/mol. The molecule has 4 aromatic rings. The van der Waals surface area contributed by atoms with Gasteiger partial charge < -0.3 is 24.7 Å². The molecule has 0 spiro atoms. The molecule has 2 saturated heterocycles. The summed E-state index contributed by atoms with van der Waals surface area (Å²) in [4.78, 5) is 13.0. The van der Waals surface area contributed by atoms with E-state index in [1.165, 1.54) is 12.8 Å². The van der Waals surface area contributed by atoms with Crippen LogP contribution < -0.4 is 20.1 Å². The van der Waals surface area contributed by atoms with E-state index in [0.717, 1.165) is 45.8 Å². The maximum absolute atomic E-state index is 13.0. The second-order valence-electron chi connectivity index (χ2n) is 9.48. The first-order valence-corrected chi connectivity index (χ1v) is 13.1. The van der Waals surface area contributed by atoms with Gasteiger partial charge in [-0.1, -0.05) is 18.2 Å². The van der Waals surface area contributed by atoms with E-state index in [1.54, 1.807) is 11.3 Å². The van der Waals surface area contributed by atoms with Gasteiger partial charge in [-0.05, 0) is 73.5 Å². The van der Waals surface area contributed by atoms with Crippen LogP contribution in [0.3, 0.4) is 0 Å². The smallest absolute Gasteiger partial charge is 0.272 e. The van der Waals surface area contributed by atoms with Crippen molar-refractivity contribution in [3.05, 3.63) is 77.3 Å². The lowest BCUT2D eigenvalue weighted by atomic mass is 10.0. The fourth-order valence-corrected chi connectivity index (χ4v) is 6.14. The molecule has 0 saturated carbocycles. The molecule has 0 radical (unpaired) electrons. The fourth-order valence-electron chi connectivity index (χ4n) is 5.29. The molecule has 2 aliphatic rings. The van der Waals surface area contributed by atoms with Gasteiger partial charge in [-0.3, -0.25) is 4.79 Å². The highest BCUT2D eigenvalue weighted by Crippen LogP contribution is 2.30. The number of carbonyl (C=O) groups excluding carboxylic acids is 1. The van der Waals surface area contributed by atoms with E-state index >= 15 is 0 Å². The number of nitrogens with zero attached hydrogens (tertiary/aromatic N) is 1. The average Bonchev–Trinajstić information content (AvgIpc) is 3.55. The minimum Gasteiger partial charge on any atom is -0.490 e. The summed E-state index contributed by atoms with van der Waals surface area (Å²) in [6, 6.07) is 20.8. The highest BCUT2D eigenvalue weighted by atomic mass is 32.1. The van der Waals surface area contributed by atoms with E-state index in [1.807, 2.05) is 77.7 Å². The fraction of sp³-hybridized carbons (Fsp3) is 0.321. The van der Waals surface area contributed by atoms with Crippen LogP contribution in [-0.4, -0.2) is 28.7 Å². The maximum Gasteiger partial charge on any atom is 0.272 e. The Morgan fingerprint density at radius 3 is 2.57 bits per heavy atom. The van der Waals surface area contributed by atoms with Gasteiger partial charge in [-0.25, -0.2) is 0 Å². The third kappa shape index (κ3) is 4.66. The Kier molecular flexibility index (Phi) is 5.96. The number of carbonyl (C=O) groups is 1. The van der Waals surface area contributed by atoms with E-state index in [0.29, 0.717) is 24.4 Å². The third-order valence-electron chi connectivity index (χ3n) is 7.11. The van der Waals surface area contributed by atoms with Crippen molar-refractivity contribution in [3.63, 3.8) is 0 Å². The van der Waals surface area contributed by atoms with Crippen LogP contribution in [0.1, 0.15) is 41.7 Å². The summed E-state index contributed by atoms with van der Waals surface area (Å²) in [5.41, 5.74) is 3.38. The molecule has 35 heavy (non-hydrogen) atoms. The number of aromatic nitrogens is 1. The zero-order chi connectivity index (χ0) is 23.8. The molecule has 6 nitrogen and oxygen atoms in total. The molecule has 2 fully saturated rings. The molecule has 1 amide bonds. The quantitative estimate of drug-likeness (QED) is 0.349. The molecule has 2 aliphatic heterocycles. The zero-order valence-electron chi connectivity index (χ0n) is 19.7. The number of nitrogens with one attached hydrogen (secondary N) is 2. The van der Waals surface area contributed by atoms with Crippen LogP contribution in [0.4, 0.5) is 5.69 Å². The lowest BCUT2D eigenvalue weighted by molar-refractivity contribution is 0.101. The van der Waals surface area contributed by atoms with E-state index in [9.17, 15) is 4.79 Å². The molecule has 2 bridgehead atoms. The second kappa shape index (κ2) is 9.40. The summed E-state index contributed by atoms with van der Waals surface area (Å²) >= 11 is 1.64. The van der Waals surface area contributed by atoms with Crippen LogP contribution in [0.15, 0.2) is 66.0 Å². The van der Waals surface area contributed by atoms with Crippen molar-refractivity contribution in [2.24, 2.45) is 7.05 Å². The Bertz CT molecular complexity index is 1330. The topological polar surface area (TPSA) is 64.5 Å². The van der Waals surface area contributed by atoms with E-state index in [-0.39, 0.29) is 12.0 Å². The molecule has 4 heterocycles. The number of hydrogen-bond donors (Lipinski definition) is 2. The molecule has 0 aliphatic carbocycles. The normalized spacial score (nSPS) is 21.2. The number of piperidine rings is 1. The lowest BCUT2D eigenvalue weighted by Gasteiger charge is -2.29. The maximum atomic E-state index is 13.0. The first kappa shape index (κ1) is 22.2. The van der Waals surface area contributed by atoms with Crippen molar-refractivity contribution >= 4 is 33.1 Å². The predicted octanol–water partition coefficient (Wildman–Crippen LogP) is 5.73. The van der Waals surface area contributed by atoms with E-state index < -0.39 is 0 Å². The molecule has 2 unspecified atom stereocenters. The van der Waals surface area contributed by atoms with Gasteiger partial charge in [0.05, 0.1) is 10.2 Å². The lowest BCUT2D eigenvalue weighted by Crippen LogP contribution is -2.42.